The van der Waals surface area contributed by atoms with Gasteiger partial charge in [-0.2, -0.15) is 0 Å². The molecule has 144 valence electrons. The number of hydrogen-bond acceptors (Lipinski definition) is 6. The summed E-state index contributed by atoms with van der Waals surface area (Å²) < 4.78 is 0. The van der Waals surface area contributed by atoms with Crippen LogP contribution in [0.2, 0.25) is 0 Å². The highest BCUT2D eigenvalue weighted by molar-refractivity contribution is 5.74. The number of rotatable bonds is 7. The molecule has 0 aliphatic carbocycles. The Bertz CT molecular complexity index is 690. The molecule has 2 aromatic rings. The van der Waals surface area contributed by atoms with E-state index in [0.29, 0.717) is 6.54 Å². The predicted molar refractivity (Wildman–Crippen MR) is 104 cm³/mol. The maximum absolute atomic E-state index is 12.0. The zero-order valence-corrected chi connectivity index (χ0v) is 15.7. The van der Waals surface area contributed by atoms with Crippen LogP contribution in [0.5, 0.6) is 0 Å². The van der Waals surface area contributed by atoms with Crippen LogP contribution in [0.1, 0.15) is 25.1 Å². The molecule has 2 N–H and O–H groups in total. The number of piperazine rings is 1. The van der Waals surface area contributed by atoms with Crippen LogP contribution in [-0.2, 0) is 0 Å². The third-order valence-electron chi connectivity index (χ3n) is 4.62. The van der Waals surface area contributed by atoms with Gasteiger partial charge in [-0.25, -0.2) is 14.8 Å². The van der Waals surface area contributed by atoms with E-state index in [4.69, 9.17) is 0 Å². The van der Waals surface area contributed by atoms with Gasteiger partial charge in [0, 0.05) is 51.3 Å². The minimum Gasteiger partial charge on any atom is -0.338 e. The van der Waals surface area contributed by atoms with E-state index in [9.17, 15) is 4.79 Å². The molecule has 1 fully saturated rings. The van der Waals surface area contributed by atoms with Gasteiger partial charge in [0.25, 0.3) is 0 Å². The molecular weight excluding hydrogens is 342 g/mol. The maximum Gasteiger partial charge on any atom is 0.315 e. The van der Waals surface area contributed by atoms with Crippen LogP contribution in [0.15, 0.2) is 42.9 Å². The molecule has 27 heavy (non-hydrogen) atoms. The minimum atomic E-state index is -0.154. The second kappa shape index (κ2) is 9.82. The van der Waals surface area contributed by atoms with Gasteiger partial charge in [-0.3, -0.25) is 9.88 Å². The molecule has 1 saturated heterocycles. The highest BCUT2D eigenvalue weighted by Gasteiger charge is 2.18. The Morgan fingerprint density at radius 3 is 2.52 bits per heavy atom. The third-order valence-corrected chi connectivity index (χ3v) is 4.62. The van der Waals surface area contributed by atoms with E-state index in [1.807, 2.05) is 31.2 Å². The molecule has 0 radical (unpaired) electrons. The number of carbonyl (C=O) groups is 1. The first-order valence-electron chi connectivity index (χ1n) is 9.42. The van der Waals surface area contributed by atoms with E-state index in [1.54, 1.807) is 18.6 Å². The lowest BCUT2D eigenvalue weighted by atomic mass is 10.2. The summed E-state index contributed by atoms with van der Waals surface area (Å²) in [4.78, 5) is 29.5. The predicted octanol–water partition coefficient (Wildman–Crippen LogP) is 1.44. The van der Waals surface area contributed by atoms with Gasteiger partial charge >= 0.3 is 6.03 Å². The molecular formula is C19H27N7O. The molecule has 3 rings (SSSR count). The third kappa shape index (κ3) is 5.89. The monoisotopic (exact) mass is 369 g/mol. The van der Waals surface area contributed by atoms with Gasteiger partial charge in [0.05, 0.1) is 11.7 Å². The van der Waals surface area contributed by atoms with Crippen molar-refractivity contribution in [3.63, 3.8) is 0 Å². The molecule has 1 aliphatic rings. The van der Waals surface area contributed by atoms with Crippen LogP contribution in [0, 0.1) is 0 Å². The molecule has 3 heterocycles. The Labute approximate surface area is 160 Å². The lowest BCUT2D eigenvalue weighted by Gasteiger charge is -2.34. The van der Waals surface area contributed by atoms with Crippen LogP contribution < -0.4 is 15.5 Å². The van der Waals surface area contributed by atoms with Crippen molar-refractivity contribution in [1.29, 1.82) is 0 Å². The fourth-order valence-electron chi connectivity index (χ4n) is 3.08. The van der Waals surface area contributed by atoms with Crippen molar-refractivity contribution in [2.24, 2.45) is 0 Å². The number of aromatic nitrogens is 3. The van der Waals surface area contributed by atoms with Crippen molar-refractivity contribution >= 4 is 12.0 Å². The summed E-state index contributed by atoms with van der Waals surface area (Å²) in [6.07, 6.45) is 6.21. The van der Waals surface area contributed by atoms with Crippen LogP contribution in [0.4, 0.5) is 10.7 Å². The molecule has 0 bridgehead atoms. The Hall–Kier alpha value is -2.74. The van der Waals surface area contributed by atoms with Gasteiger partial charge in [-0.1, -0.05) is 6.07 Å². The molecule has 1 aliphatic heterocycles. The minimum absolute atomic E-state index is 0.112. The van der Waals surface area contributed by atoms with E-state index in [-0.39, 0.29) is 12.1 Å². The zero-order chi connectivity index (χ0) is 18.9. The number of nitrogens with one attached hydrogen (secondary N) is 2. The van der Waals surface area contributed by atoms with E-state index in [0.717, 1.165) is 50.8 Å². The molecule has 1 unspecified atom stereocenters. The summed E-state index contributed by atoms with van der Waals surface area (Å²) >= 11 is 0. The fourth-order valence-corrected chi connectivity index (χ4v) is 3.08. The van der Waals surface area contributed by atoms with Gasteiger partial charge in [0.1, 0.15) is 0 Å². The number of pyridine rings is 1. The van der Waals surface area contributed by atoms with Crippen LogP contribution in [0.25, 0.3) is 0 Å². The number of amides is 2. The highest BCUT2D eigenvalue weighted by atomic mass is 16.2. The highest BCUT2D eigenvalue weighted by Crippen LogP contribution is 2.10. The summed E-state index contributed by atoms with van der Waals surface area (Å²) in [7, 11) is 0. The van der Waals surface area contributed by atoms with E-state index < -0.39 is 0 Å². The molecule has 0 saturated carbocycles. The molecule has 0 aromatic carbocycles. The average Bonchev–Trinajstić information content (AvgIpc) is 2.73. The van der Waals surface area contributed by atoms with E-state index in [2.05, 4.69) is 35.4 Å². The molecule has 2 aromatic heterocycles. The van der Waals surface area contributed by atoms with Crippen molar-refractivity contribution < 1.29 is 4.79 Å². The zero-order valence-electron chi connectivity index (χ0n) is 15.7. The Balaban J connectivity index is 1.29. The molecule has 8 heteroatoms. The summed E-state index contributed by atoms with van der Waals surface area (Å²) in [5, 5.41) is 5.83. The Morgan fingerprint density at radius 1 is 1.07 bits per heavy atom. The number of carbonyl (C=O) groups excluding carboxylic acids is 1. The first-order valence-corrected chi connectivity index (χ1v) is 9.42. The summed E-state index contributed by atoms with van der Waals surface area (Å²) in [5.41, 5.74) is 0.855. The van der Waals surface area contributed by atoms with Gasteiger partial charge in [-0.15, -0.1) is 0 Å². The number of anilines is 1. The lowest BCUT2D eigenvalue weighted by Crippen LogP contribution is -2.47. The normalized spacial score (nSPS) is 16.0. The fraction of sp³-hybridized carbons (Fsp3) is 0.474. The standard InChI is InChI=1S/C19H27N7O/c1-16(17-6-2-3-7-20-17)24-19(27)23-10-5-11-25-12-14-26(15-13-25)18-21-8-4-9-22-18/h2-4,6-9,16H,5,10-15H2,1H3,(H2,23,24,27). The molecule has 0 spiro atoms. The number of nitrogens with zero attached hydrogens (tertiary/aromatic N) is 5. The second-order valence-electron chi connectivity index (χ2n) is 6.61. The summed E-state index contributed by atoms with van der Waals surface area (Å²) in [5.74, 6) is 0.803. The van der Waals surface area contributed by atoms with Crippen molar-refractivity contribution in [2.45, 2.75) is 19.4 Å². The summed E-state index contributed by atoms with van der Waals surface area (Å²) in [6, 6.07) is 7.26. The SMILES string of the molecule is CC(NC(=O)NCCCN1CCN(c2ncccn2)CC1)c1ccccn1. The van der Waals surface area contributed by atoms with Crippen molar-refractivity contribution in [3.8, 4) is 0 Å². The van der Waals surface area contributed by atoms with Crippen molar-refractivity contribution in [3.05, 3.63) is 48.5 Å². The second-order valence-corrected chi connectivity index (χ2v) is 6.61. The van der Waals surface area contributed by atoms with Gasteiger partial charge in [-0.05, 0) is 38.1 Å². The van der Waals surface area contributed by atoms with Crippen LogP contribution >= 0.6 is 0 Å². The van der Waals surface area contributed by atoms with Crippen molar-refractivity contribution in [2.75, 3.05) is 44.2 Å². The van der Waals surface area contributed by atoms with Crippen LogP contribution in [-0.4, -0.2) is 65.2 Å². The molecule has 8 nitrogen and oxygen atoms in total. The van der Waals surface area contributed by atoms with Gasteiger partial charge in [0.2, 0.25) is 5.95 Å². The largest absolute Gasteiger partial charge is 0.338 e. The average molecular weight is 369 g/mol. The van der Waals surface area contributed by atoms with Crippen LogP contribution in [0.3, 0.4) is 0 Å². The number of hydrogen-bond donors (Lipinski definition) is 2. The van der Waals surface area contributed by atoms with E-state index in [1.165, 1.54) is 0 Å². The lowest BCUT2D eigenvalue weighted by molar-refractivity contribution is 0.233. The Morgan fingerprint density at radius 2 is 1.81 bits per heavy atom. The Kier molecular flexibility index (Phi) is 6.92. The van der Waals surface area contributed by atoms with Crippen molar-refractivity contribution in [1.82, 2.24) is 30.5 Å². The topological polar surface area (TPSA) is 86.3 Å². The molecule has 1 atom stereocenters. The quantitative estimate of drug-likeness (QED) is 0.719. The van der Waals surface area contributed by atoms with E-state index >= 15 is 0 Å². The smallest absolute Gasteiger partial charge is 0.315 e. The maximum atomic E-state index is 12.0. The first kappa shape index (κ1) is 19.0. The summed E-state index contributed by atoms with van der Waals surface area (Å²) in [6.45, 7) is 7.39. The molecule has 2 amide bonds. The van der Waals surface area contributed by atoms with Gasteiger partial charge < -0.3 is 15.5 Å². The first-order chi connectivity index (χ1) is 13.2. The van der Waals surface area contributed by atoms with Gasteiger partial charge in [0.15, 0.2) is 0 Å². The number of urea groups is 1.